The van der Waals surface area contributed by atoms with Crippen molar-refractivity contribution in [1.29, 1.82) is 0 Å². The SMILES string of the molecule is COc1ccc(CNC(=O)CN(c2ccc(C(C)C)cc2)S(=O)(=O)c2ccc(C)cc2)cc1OC. The Bertz CT molecular complexity index is 1250. The monoisotopic (exact) mass is 496 g/mol. The number of carbonyl (C=O) groups is 1. The van der Waals surface area contributed by atoms with Gasteiger partial charge in [-0.2, -0.15) is 0 Å². The van der Waals surface area contributed by atoms with E-state index in [9.17, 15) is 13.2 Å². The molecule has 0 heterocycles. The van der Waals surface area contributed by atoms with Gasteiger partial charge in [0.05, 0.1) is 24.8 Å². The molecule has 0 aliphatic rings. The van der Waals surface area contributed by atoms with Crippen molar-refractivity contribution >= 4 is 21.6 Å². The van der Waals surface area contributed by atoms with Gasteiger partial charge in [-0.1, -0.05) is 49.7 Å². The zero-order valence-electron chi connectivity index (χ0n) is 20.7. The van der Waals surface area contributed by atoms with E-state index < -0.39 is 15.9 Å². The molecule has 0 spiro atoms. The zero-order valence-corrected chi connectivity index (χ0v) is 21.6. The lowest BCUT2D eigenvalue weighted by atomic mass is 10.0. The van der Waals surface area contributed by atoms with E-state index in [4.69, 9.17) is 9.47 Å². The molecule has 0 saturated heterocycles. The summed E-state index contributed by atoms with van der Waals surface area (Å²) in [6, 6.07) is 19.2. The normalized spacial score (nSPS) is 11.3. The van der Waals surface area contributed by atoms with Crippen molar-refractivity contribution in [3.8, 4) is 11.5 Å². The molecule has 0 radical (unpaired) electrons. The molecule has 3 aromatic carbocycles. The van der Waals surface area contributed by atoms with E-state index in [1.165, 1.54) is 0 Å². The molecule has 0 aliphatic carbocycles. The number of carbonyl (C=O) groups excluding carboxylic acids is 1. The zero-order chi connectivity index (χ0) is 25.6. The van der Waals surface area contributed by atoms with Crippen LogP contribution < -0.4 is 19.1 Å². The van der Waals surface area contributed by atoms with Gasteiger partial charge < -0.3 is 14.8 Å². The van der Waals surface area contributed by atoms with Gasteiger partial charge in [0.1, 0.15) is 6.54 Å². The maximum atomic E-state index is 13.5. The summed E-state index contributed by atoms with van der Waals surface area (Å²) in [6.45, 7) is 5.88. The number of benzene rings is 3. The Morgan fingerprint density at radius 2 is 1.54 bits per heavy atom. The summed E-state index contributed by atoms with van der Waals surface area (Å²) in [6.07, 6.45) is 0. The molecule has 0 aliphatic heterocycles. The summed E-state index contributed by atoms with van der Waals surface area (Å²) in [5.41, 5.74) is 3.25. The van der Waals surface area contributed by atoms with Gasteiger partial charge in [0.15, 0.2) is 11.5 Å². The number of methoxy groups -OCH3 is 2. The summed E-state index contributed by atoms with van der Waals surface area (Å²) >= 11 is 0. The van der Waals surface area contributed by atoms with Gasteiger partial charge in [-0.15, -0.1) is 0 Å². The average Bonchev–Trinajstić information content (AvgIpc) is 2.86. The molecule has 3 rings (SSSR count). The van der Waals surface area contributed by atoms with Gasteiger partial charge in [-0.25, -0.2) is 8.42 Å². The molecule has 1 N–H and O–H groups in total. The highest BCUT2D eigenvalue weighted by molar-refractivity contribution is 7.92. The van der Waals surface area contributed by atoms with Crippen molar-refractivity contribution < 1.29 is 22.7 Å². The molecule has 0 aromatic heterocycles. The molecular weight excluding hydrogens is 464 g/mol. The maximum Gasteiger partial charge on any atom is 0.264 e. The number of hydrogen-bond acceptors (Lipinski definition) is 5. The van der Waals surface area contributed by atoms with Gasteiger partial charge >= 0.3 is 0 Å². The lowest BCUT2D eigenvalue weighted by Gasteiger charge is -2.24. The van der Waals surface area contributed by atoms with Crippen LogP contribution in [-0.2, 0) is 21.4 Å². The number of hydrogen-bond donors (Lipinski definition) is 1. The second-order valence-electron chi connectivity index (χ2n) is 8.54. The minimum atomic E-state index is -3.97. The van der Waals surface area contributed by atoms with Gasteiger partial charge in [0.25, 0.3) is 10.0 Å². The fraction of sp³-hybridized carbons (Fsp3) is 0.296. The van der Waals surface area contributed by atoms with Crippen LogP contribution in [0.3, 0.4) is 0 Å². The third-order valence-corrected chi connectivity index (χ3v) is 7.47. The first-order valence-corrected chi connectivity index (χ1v) is 12.8. The second-order valence-corrected chi connectivity index (χ2v) is 10.4. The van der Waals surface area contributed by atoms with Crippen molar-refractivity contribution in [3.05, 3.63) is 83.4 Å². The maximum absolute atomic E-state index is 13.5. The first-order chi connectivity index (χ1) is 16.6. The smallest absolute Gasteiger partial charge is 0.264 e. The van der Waals surface area contributed by atoms with Gasteiger partial charge in [0.2, 0.25) is 5.91 Å². The summed E-state index contributed by atoms with van der Waals surface area (Å²) in [7, 11) is -0.874. The summed E-state index contributed by atoms with van der Waals surface area (Å²) < 4.78 is 38.8. The van der Waals surface area contributed by atoms with Crippen LogP contribution in [0.2, 0.25) is 0 Å². The van der Waals surface area contributed by atoms with Crippen molar-refractivity contribution in [3.63, 3.8) is 0 Å². The van der Waals surface area contributed by atoms with Crippen LogP contribution in [0.5, 0.6) is 11.5 Å². The van der Waals surface area contributed by atoms with Gasteiger partial charge in [0, 0.05) is 6.54 Å². The molecule has 3 aromatic rings. The van der Waals surface area contributed by atoms with E-state index in [0.717, 1.165) is 21.0 Å². The Labute approximate surface area is 207 Å². The van der Waals surface area contributed by atoms with Gasteiger partial charge in [-0.3, -0.25) is 9.10 Å². The number of ether oxygens (including phenoxy) is 2. The largest absolute Gasteiger partial charge is 0.493 e. The lowest BCUT2D eigenvalue weighted by Crippen LogP contribution is -2.40. The van der Waals surface area contributed by atoms with Crippen molar-refractivity contribution in [1.82, 2.24) is 5.32 Å². The average molecular weight is 497 g/mol. The molecule has 0 saturated carbocycles. The molecule has 0 bridgehead atoms. The molecule has 7 nitrogen and oxygen atoms in total. The standard InChI is InChI=1S/C27H32N2O5S/c1-19(2)22-9-11-23(12-10-22)29(35(31,32)24-13-6-20(3)7-14-24)18-27(30)28-17-21-8-15-25(33-4)26(16-21)34-5/h6-16,19H,17-18H2,1-5H3,(H,28,30). The van der Waals surface area contributed by atoms with E-state index in [1.807, 2.05) is 25.1 Å². The Kier molecular flexibility index (Phi) is 8.40. The third-order valence-electron chi connectivity index (χ3n) is 5.68. The predicted octanol–water partition coefficient (Wildman–Crippen LogP) is 4.65. The topological polar surface area (TPSA) is 84.9 Å². The van der Waals surface area contributed by atoms with Crippen LogP contribution in [0, 0.1) is 6.92 Å². The first kappa shape index (κ1) is 26.1. The van der Waals surface area contributed by atoms with Crippen LogP contribution >= 0.6 is 0 Å². The van der Waals surface area contributed by atoms with Crippen LogP contribution in [-0.4, -0.2) is 35.1 Å². The Morgan fingerprint density at radius 3 is 2.11 bits per heavy atom. The number of anilines is 1. The van der Waals surface area contributed by atoms with Crippen molar-refractivity contribution in [2.75, 3.05) is 25.1 Å². The molecule has 0 unspecified atom stereocenters. The van der Waals surface area contributed by atoms with Gasteiger partial charge in [-0.05, 0) is 60.4 Å². The molecular formula is C27H32N2O5S. The number of aryl methyl sites for hydroxylation is 1. The second kappa shape index (κ2) is 11.3. The van der Waals surface area contributed by atoms with Crippen molar-refractivity contribution in [2.24, 2.45) is 0 Å². The van der Waals surface area contributed by atoms with Crippen molar-refractivity contribution in [2.45, 2.75) is 38.1 Å². The fourth-order valence-electron chi connectivity index (χ4n) is 3.56. The van der Waals surface area contributed by atoms with E-state index in [-0.39, 0.29) is 18.0 Å². The Balaban J connectivity index is 1.85. The minimum Gasteiger partial charge on any atom is -0.493 e. The number of rotatable bonds is 10. The highest BCUT2D eigenvalue weighted by atomic mass is 32.2. The van der Waals surface area contributed by atoms with Crippen LogP contribution in [0.1, 0.15) is 36.5 Å². The Morgan fingerprint density at radius 1 is 0.914 bits per heavy atom. The summed E-state index contributed by atoms with van der Waals surface area (Å²) in [4.78, 5) is 13.0. The minimum absolute atomic E-state index is 0.128. The molecule has 1 amide bonds. The highest BCUT2D eigenvalue weighted by Crippen LogP contribution is 2.28. The molecule has 0 fully saturated rings. The predicted molar refractivity (Wildman–Crippen MR) is 138 cm³/mol. The van der Waals surface area contributed by atoms with Crippen LogP contribution in [0.15, 0.2) is 71.6 Å². The number of nitrogens with zero attached hydrogens (tertiary/aromatic N) is 1. The summed E-state index contributed by atoms with van der Waals surface area (Å²) in [5, 5.41) is 2.81. The summed E-state index contributed by atoms with van der Waals surface area (Å²) in [5.74, 6) is 1.01. The molecule has 186 valence electrons. The number of nitrogens with one attached hydrogen (secondary N) is 1. The molecule has 0 atom stereocenters. The highest BCUT2D eigenvalue weighted by Gasteiger charge is 2.27. The lowest BCUT2D eigenvalue weighted by molar-refractivity contribution is -0.119. The van der Waals surface area contributed by atoms with E-state index in [1.54, 1.807) is 62.8 Å². The fourth-order valence-corrected chi connectivity index (χ4v) is 4.98. The number of sulfonamides is 1. The molecule has 8 heteroatoms. The quantitative estimate of drug-likeness (QED) is 0.442. The molecule has 35 heavy (non-hydrogen) atoms. The van der Waals surface area contributed by atoms with Crippen LogP contribution in [0.4, 0.5) is 5.69 Å². The third kappa shape index (κ3) is 6.33. The first-order valence-electron chi connectivity index (χ1n) is 11.3. The van der Waals surface area contributed by atoms with E-state index in [2.05, 4.69) is 19.2 Å². The Hall–Kier alpha value is -3.52. The van der Waals surface area contributed by atoms with Crippen LogP contribution in [0.25, 0.3) is 0 Å². The van der Waals surface area contributed by atoms with E-state index >= 15 is 0 Å². The number of amides is 1. The van der Waals surface area contributed by atoms with E-state index in [0.29, 0.717) is 23.1 Å².